The second kappa shape index (κ2) is 9.70. The van der Waals surface area contributed by atoms with Crippen LogP contribution in [0.1, 0.15) is 25.3 Å². The first kappa shape index (κ1) is 22.3. The average Bonchev–Trinajstić information content (AvgIpc) is 3.20. The summed E-state index contributed by atoms with van der Waals surface area (Å²) in [6, 6.07) is 8.30. The molecular formula is C22H23ClN4O4S. The SMILES string of the molecule is CCC[C@H]1C(=O)N(Cc2ccc3c(=O)[nH]cnc3c2)CCN1C(=O)COc1ccc(Cl)s1. The molecule has 32 heavy (non-hydrogen) atoms. The van der Waals surface area contributed by atoms with Gasteiger partial charge in [0.15, 0.2) is 11.7 Å². The zero-order valence-electron chi connectivity index (χ0n) is 17.5. The first-order valence-corrected chi connectivity index (χ1v) is 11.6. The van der Waals surface area contributed by atoms with Gasteiger partial charge in [0.1, 0.15) is 6.04 Å². The third kappa shape index (κ3) is 4.78. The lowest BCUT2D eigenvalue weighted by atomic mass is 10.0. The molecule has 1 aromatic carbocycles. The van der Waals surface area contributed by atoms with E-state index in [4.69, 9.17) is 16.3 Å². The fourth-order valence-corrected chi connectivity index (χ4v) is 4.74. The summed E-state index contributed by atoms with van der Waals surface area (Å²) in [6.07, 6.45) is 2.73. The molecule has 0 unspecified atom stereocenters. The van der Waals surface area contributed by atoms with Crippen LogP contribution in [-0.4, -0.2) is 57.3 Å². The van der Waals surface area contributed by atoms with Crippen molar-refractivity contribution in [3.05, 3.63) is 56.9 Å². The van der Waals surface area contributed by atoms with Crippen LogP contribution in [0.4, 0.5) is 0 Å². The highest BCUT2D eigenvalue weighted by molar-refractivity contribution is 7.17. The Balaban J connectivity index is 1.45. The second-order valence-electron chi connectivity index (χ2n) is 7.58. The van der Waals surface area contributed by atoms with Gasteiger partial charge >= 0.3 is 0 Å². The summed E-state index contributed by atoms with van der Waals surface area (Å²) in [5, 5.41) is 1.08. The third-order valence-corrected chi connectivity index (χ3v) is 6.58. The molecule has 0 radical (unpaired) electrons. The number of aromatic nitrogens is 2. The maximum Gasteiger partial charge on any atom is 0.261 e. The lowest BCUT2D eigenvalue weighted by Gasteiger charge is -2.40. The highest BCUT2D eigenvalue weighted by Crippen LogP contribution is 2.28. The van der Waals surface area contributed by atoms with Gasteiger partial charge in [0.05, 0.1) is 21.6 Å². The minimum absolute atomic E-state index is 0.0791. The molecule has 2 aromatic heterocycles. The van der Waals surface area contributed by atoms with E-state index < -0.39 is 6.04 Å². The lowest BCUT2D eigenvalue weighted by Crippen LogP contribution is -2.59. The quantitative estimate of drug-likeness (QED) is 0.567. The number of carbonyl (C=O) groups is 2. The van der Waals surface area contributed by atoms with E-state index in [1.54, 1.807) is 28.0 Å². The summed E-state index contributed by atoms with van der Waals surface area (Å²) in [7, 11) is 0. The highest BCUT2D eigenvalue weighted by Gasteiger charge is 2.36. The monoisotopic (exact) mass is 474 g/mol. The van der Waals surface area contributed by atoms with Crippen molar-refractivity contribution < 1.29 is 14.3 Å². The zero-order valence-corrected chi connectivity index (χ0v) is 19.1. The molecule has 0 bridgehead atoms. The molecule has 10 heteroatoms. The number of nitrogens with zero attached hydrogens (tertiary/aromatic N) is 3. The van der Waals surface area contributed by atoms with Gasteiger partial charge in [0.25, 0.3) is 11.5 Å². The number of amides is 2. The lowest BCUT2D eigenvalue weighted by molar-refractivity contribution is -0.153. The van der Waals surface area contributed by atoms with Crippen LogP contribution in [0.5, 0.6) is 5.06 Å². The fourth-order valence-electron chi connectivity index (χ4n) is 3.87. The molecule has 0 spiro atoms. The summed E-state index contributed by atoms with van der Waals surface area (Å²) in [5.74, 6) is -0.292. The van der Waals surface area contributed by atoms with Crippen LogP contribution in [0, 0.1) is 0 Å². The fraction of sp³-hybridized carbons (Fsp3) is 0.364. The molecule has 1 atom stereocenters. The van der Waals surface area contributed by atoms with E-state index in [0.29, 0.717) is 46.4 Å². The number of carbonyl (C=O) groups excluding carboxylic acids is 2. The van der Waals surface area contributed by atoms with Gasteiger partial charge in [-0.3, -0.25) is 14.4 Å². The van der Waals surface area contributed by atoms with E-state index in [-0.39, 0.29) is 24.0 Å². The molecule has 1 N–H and O–H groups in total. The molecule has 0 saturated carbocycles. The first-order chi connectivity index (χ1) is 15.5. The predicted molar refractivity (Wildman–Crippen MR) is 123 cm³/mol. The van der Waals surface area contributed by atoms with Crippen LogP contribution >= 0.6 is 22.9 Å². The molecule has 0 aliphatic carbocycles. The van der Waals surface area contributed by atoms with Gasteiger partial charge in [-0.2, -0.15) is 0 Å². The van der Waals surface area contributed by atoms with Gasteiger partial charge < -0.3 is 19.5 Å². The van der Waals surface area contributed by atoms with Crippen molar-refractivity contribution in [3.8, 4) is 5.06 Å². The van der Waals surface area contributed by atoms with Crippen LogP contribution < -0.4 is 10.3 Å². The Morgan fingerprint density at radius 2 is 2.12 bits per heavy atom. The standard InChI is InChI=1S/C22H23ClN4O4S/c1-2-3-17-22(30)26(11-14-4-5-15-16(10-14)24-13-25-21(15)29)8-9-27(17)19(28)12-31-20-7-6-18(23)32-20/h4-7,10,13,17H,2-3,8-9,11-12H2,1H3,(H,24,25,29)/t17-/m0/s1. The van der Waals surface area contributed by atoms with Gasteiger partial charge in [-0.25, -0.2) is 4.98 Å². The normalized spacial score (nSPS) is 16.6. The molecule has 1 aliphatic rings. The molecule has 3 aromatic rings. The van der Waals surface area contributed by atoms with E-state index in [9.17, 15) is 14.4 Å². The minimum Gasteiger partial charge on any atom is -0.474 e. The molecular weight excluding hydrogens is 452 g/mol. The number of thiophene rings is 1. The van der Waals surface area contributed by atoms with Crippen molar-refractivity contribution in [3.63, 3.8) is 0 Å². The smallest absolute Gasteiger partial charge is 0.261 e. The zero-order chi connectivity index (χ0) is 22.7. The molecule has 8 nitrogen and oxygen atoms in total. The number of rotatable bonds is 7. The Morgan fingerprint density at radius 3 is 2.88 bits per heavy atom. The largest absolute Gasteiger partial charge is 0.474 e. The number of piperazine rings is 1. The number of hydrogen-bond acceptors (Lipinski definition) is 6. The first-order valence-electron chi connectivity index (χ1n) is 10.4. The van der Waals surface area contributed by atoms with Gasteiger partial charge in [-0.05, 0) is 36.2 Å². The molecule has 2 amide bonds. The van der Waals surface area contributed by atoms with E-state index in [0.717, 1.165) is 12.0 Å². The molecule has 4 rings (SSSR count). The Hall–Kier alpha value is -2.91. The van der Waals surface area contributed by atoms with Crippen LogP contribution in [0.2, 0.25) is 4.34 Å². The Morgan fingerprint density at radius 1 is 1.28 bits per heavy atom. The van der Waals surface area contributed by atoms with Crippen molar-refractivity contribution >= 4 is 45.7 Å². The Bertz CT molecular complexity index is 1190. The third-order valence-electron chi connectivity index (χ3n) is 5.43. The van der Waals surface area contributed by atoms with Crippen LogP contribution in [-0.2, 0) is 16.1 Å². The molecule has 1 fully saturated rings. The second-order valence-corrected chi connectivity index (χ2v) is 9.26. The Kier molecular flexibility index (Phi) is 6.76. The van der Waals surface area contributed by atoms with Crippen molar-refractivity contribution in [2.24, 2.45) is 0 Å². The van der Waals surface area contributed by atoms with E-state index in [2.05, 4.69) is 9.97 Å². The number of hydrogen-bond donors (Lipinski definition) is 1. The number of ether oxygens (including phenoxy) is 1. The van der Waals surface area contributed by atoms with E-state index in [1.807, 2.05) is 19.1 Å². The maximum absolute atomic E-state index is 13.2. The number of benzene rings is 1. The van der Waals surface area contributed by atoms with Crippen molar-refractivity contribution in [1.29, 1.82) is 0 Å². The molecule has 3 heterocycles. The number of aromatic amines is 1. The summed E-state index contributed by atoms with van der Waals surface area (Å²) in [5.41, 5.74) is 1.28. The number of nitrogens with one attached hydrogen (secondary N) is 1. The highest BCUT2D eigenvalue weighted by atomic mass is 35.5. The van der Waals surface area contributed by atoms with Crippen molar-refractivity contribution in [2.75, 3.05) is 19.7 Å². The molecule has 1 aliphatic heterocycles. The number of fused-ring (bicyclic) bond motifs is 1. The van der Waals surface area contributed by atoms with E-state index >= 15 is 0 Å². The van der Waals surface area contributed by atoms with Gasteiger partial charge in [0, 0.05) is 19.6 Å². The predicted octanol–water partition coefficient (Wildman–Crippen LogP) is 3.06. The Labute approximate surface area is 193 Å². The van der Waals surface area contributed by atoms with Crippen molar-refractivity contribution in [1.82, 2.24) is 19.8 Å². The van der Waals surface area contributed by atoms with Gasteiger partial charge in [-0.1, -0.05) is 42.3 Å². The number of H-pyrrole nitrogens is 1. The van der Waals surface area contributed by atoms with Gasteiger partial charge in [-0.15, -0.1) is 0 Å². The van der Waals surface area contributed by atoms with E-state index in [1.165, 1.54) is 17.7 Å². The molecule has 1 saturated heterocycles. The minimum atomic E-state index is -0.516. The average molecular weight is 475 g/mol. The molecule has 168 valence electrons. The van der Waals surface area contributed by atoms with Crippen LogP contribution in [0.15, 0.2) is 41.5 Å². The summed E-state index contributed by atoms with van der Waals surface area (Å²) >= 11 is 7.16. The van der Waals surface area contributed by atoms with Gasteiger partial charge in [0.2, 0.25) is 5.91 Å². The van der Waals surface area contributed by atoms with Crippen LogP contribution in [0.25, 0.3) is 10.9 Å². The topological polar surface area (TPSA) is 95.6 Å². The summed E-state index contributed by atoms with van der Waals surface area (Å²) < 4.78 is 6.15. The number of halogens is 1. The van der Waals surface area contributed by atoms with Crippen LogP contribution in [0.3, 0.4) is 0 Å². The summed E-state index contributed by atoms with van der Waals surface area (Å²) in [6.45, 7) is 3.13. The maximum atomic E-state index is 13.2. The summed E-state index contributed by atoms with van der Waals surface area (Å²) in [4.78, 5) is 48.1. The van der Waals surface area contributed by atoms with Crippen molar-refractivity contribution in [2.45, 2.75) is 32.4 Å².